The van der Waals surface area contributed by atoms with Crippen LogP contribution in [0.4, 0.5) is 5.82 Å². The Labute approximate surface area is 138 Å². The van der Waals surface area contributed by atoms with Crippen molar-refractivity contribution < 1.29 is 9.34 Å². The molecule has 0 N–H and O–H groups in total. The van der Waals surface area contributed by atoms with Gasteiger partial charge in [-0.25, -0.2) is 4.98 Å². The highest BCUT2D eigenvalue weighted by atomic mass is 35.5. The minimum absolute atomic E-state index is 0.0984. The van der Waals surface area contributed by atoms with Gasteiger partial charge in [0.2, 0.25) is 5.89 Å². The van der Waals surface area contributed by atoms with Crippen LogP contribution in [0, 0.1) is 21.4 Å². The number of rotatable bonds is 3. The van der Waals surface area contributed by atoms with Crippen molar-refractivity contribution in [3.8, 4) is 6.07 Å². The molecule has 0 fully saturated rings. The van der Waals surface area contributed by atoms with E-state index in [9.17, 15) is 20.2 Å². The molecule has 10 heteroatoms. The summed E-state index contributed by atoms with van der Waals surface area (Å²) < 4.78 is 6.22. The SMILES string of the molecule is Cn1nc([N+](=O)[O-])c([C@H](C#N)c2nc3ccccc3o2)c(Cl)c1=O. The van der Waals surface area contributed by atoms with Gasteiger partial charge in [0.05, 0.1) is 18.2 Å². The van der Waals surface area contributed by atoms with Gasteiger partial charge < -0.3 is 14.5 Å². The molecule has 0 radical (unpaired) electrons. The molecule has 0 unspecified atom stereocenters. The molecule has 120 valence electrons. The lowest BCUT2D eigenvalue weighted by Gasteiger charge is -2.08. The number of nitro groups is 1. The Bertz CT molecular complexity index is 1030. The van der Waals surface area contributed by atoms with Gasteiger partial charge in [0.1, 0.15) is 16.1 Å². The molecule has 9 nitrogen and oxygen atoms in total. The zero-order valence-electron chi connectivity index (χ0n) is 12.1. The van der Waals surface area contributed by atoms with Gasteiger partial charge in [-0.15, -0.1) is 4.68 Å². The average molecular weight is 346 g/mol. The summed E-state index contributed by atoms with van der Waals surface area (Å²) in [5, 5.41) is 23.9. The number of halogens is 1. The molecule has 3 aromatic rings. The van der Waals surface area contributed by atoms with Crippen LogP contribution in [0.25, 0.3) is 11.1 Å². The van der Waals surface area contributed by atoms with Crippen LogP contribution in [0.15, 0.2) is 33.5 Å². The fourth-order valence-corrected chi connectivity index (χ4v) is 2.56. The third kappa shape index (κ3) is 2.39. The van der Waals surface area contributed by atoms with E-state index in [-0.39, 0.29) is 11.5 Å². The molecule has 2 heterocycles. The summed E-state index contributed by atoms with van der Waals surface area (Å²) in [6.45, 7) is 0. The maximum absolute atomic E-state index is 12.0. The number of aryl methyl sites for hydroxylation is 1. The van der Waals surface area contributed by atoms with E-state index < -0.39 is 27.2 Å². The van der Waals surface area contributed by atoms with Crippen LogP contribution in [-0.4, -0.2) is 19.7 Å². The van der Waals surface area contributed by atoms with E-state index in [1.54, 1.807) is 24.3 Å². The molecule has 0 amide bonds. The Morgan fingerprint density at radius 3 is 2.79 bits per heavy atom. The number of para-hydroxylation sites is 2. The smallest absolute Gasteiger partial charge is 0.395 e. The first-order chi connectivity index (χ1) is 11.4. The Morgan fingerprint density at radius 1 is 1.46 bits per heavy atom. The molecule has 0 spiro atoms. The summed E-state index contributed by atoms with van der Waals surface area (Å²) >= 11 is 5.97. The first-order valence-corrected chi connectivity index (χ1v) is 6.98. The second-order valence-electron chi connectivity index (χ2n) is 4.82. The number of hydrogen-bond donors (Lipinski definition) is 0. The zero-order valence-corrected chi connectivity index (χ0v) is 12.9. The van der Waals surface area contributed by atoms with Crippen molar-refractivity contribution >= 4 is 28.5 Å². The molecule has 2 aromatic heterocycles. The summed E-state index contributed by atoms with van der Waals surface area (Å²) in [6, 6.07) is 8.59. The van der Waals surface area contributed by atoms with Crippen LogP contribution in [0.1, 0.15) is 17.4 Å². The van der Waals surface area contributed by atoms with Gasteiger partial charge in [0.15, 0.2) is 11.5 Å². The van der Waals surface area contributed by atoms with Gasteiger partial charge in [-0.05, 0) is 17.1 Å². The summed E-state index contributed by atoms with van der Waals surface area (Å²) in [5.41, 5.74) is -0.209. The Hall–Kier alpha value is -3.25. The van der Waals surface area contributed by atoms with Crippen LogP contribution >= 0.6 is 11.6 Å². The lowest BCUT2D eigenvalue weighted by Crippen LogP contribution is -2.24. The van der Waals surface area contributed by atoms with Gasteiger partial charge >= 0.3 is 11.4 Å². The van der Waals surface area contributed by atoms with Crippen LogP contribution in [0.2, 0.25) is 5.02 Å². The van der Waals surface area contributed by atoms with E-state index in [2.05, 4.69) is 10.1 Å². The van der Waals surface area contributed by atoms with E-state index in [0.29, 0.717) is 11.1 Å². The van der Waals surface area contributed by atoms with Crippen LogP contribution < -0.4 is 5.56 Å². The van der Waals surface area contributed by atoms with Crippen LogP contribution in [-0.2, 0) is 7.05 Å². The first kappa shape index (κ1) is 15.6. The molecule has 1 atom stereocenters. The van der Waals surface area contributed by atoms with Gasteiger partial charge in [-0.2, -0.15) is 5.26 Å². The van der Waals surface area contributed by atoms with Gasteiger partial charge in [-0.1, -0.05) is 23.7 Å². The predicted molar refractivity (Wildman–Crippen MR) is 82.6 cm³/mol. The zero-order chi connectivity index (χ0) is 17.4. The highest BCUT2D eigenvalue weighted by Crippen LogP contribution is 2.34. The van der Waals surface area contributed by atoms with E-state index in [1.165, 1.54) is 7.05 Å². The predicted octanol–water partition coefficient (Wildman–Crippen LogP) is 2.14. The largest absolute Gasteiger partial charge is 0.439 e. The van der Waals surface area contributed by atoms with Crippen molar-refractivity contribution in [2.75, 3.05) is 0 Å². The van der Waals surface area contributed by atoms with E-state index in [0.717, 1.165) is 4.68 Å². The highest BCUT2D eigenvalue weighted by Gasteiger charge is 2.34. The molecule has 0 aliphatic rings. The number of nitrogens with zero attached hydrogens (tertiary/aromatic N) is 5. The number of oxazole rings is 1. The molecule has 0 aliphatic heterocycles. The Morgan fingerprint density at radius 2 is 2.17 bits per heavy atom. The number of fused-ring (bicyclic) bond motifs is 1. The van der Waals surface area contributed by atoms with Crippen molar-refractivity contribution in [1.29, 1.82) is 5.26 Å². The minimum atomic E-state index is -1.34. The molecular weight excluding hydrogens is 338 g/mol. The van der Waals surface area contributed by atoms with E-state index in [1.807, 2.05) is 6.07 Å². The third-order valence-corrected chi connectivity index (χ3v) is 3.72. The standard InChI is InChI=1S/C14H8ClN5O4/c1-19-14(21)11(15)10(12(18-19)20(22)23)7(6-16)13-17-8-4-2-3-5-9(8)24-13/h2-5,7H,1H3/t7-/m0/s1. The second-order valence-corrected chi connectivity index (χ2v) is 5.20. The normalized spacial score (nSPS) is 12.0. The molecule has 0 aliphatic carbocycles. The average Bonchev–Trinajstić information content (AvgIpc) is 2.98. The summed E-state index contributed by atoms with van der Waals surface area (Å²) in [6.07, 6.45) is 0. The number of benzene rings is 1. The first-order valence-electron chi connectivity index (χ1n) is 6.60. The van der Waals surface area contributed by atoms with Crippen molar-refractivity contribution in [2.45, 2.75) is 5.92 Å². The Balaban J connectivity index is 2.29. The fraction of sp³-hybridized carbons (Fsp3) is 0.143. The topological polar surface area (TPSA) is 128 Å². The van der Waals surface area contributed by atoms with Crippen LogP contribution in [0.5, 0.6) is 0 Å². The summed E-state index contributed by atoms with van der Waals surface area (Å²) in [4.78, 5) is 26.6. The summed E-state index contributed by atoms with van der Waals surface area (Å²) in [7, 11) is 1.23. The number of nitriles is 1. The molecule has 24 heavy (non-hydrogen) atoms. The lowest BCUT2D eigenvalue weighted by molar-refractivity contribution is -0.391. The second kappa shape index (κ2) is 5.75. The van der Waals surface area contributed by atoms with Gasteiger partial charge in [-0.3, -0.25) is 4.79 Å². The van der Waals surface area contributed by atoms with Gasteiger partial charge in [0.25, 0.3) is 0 Å². The molecule has 0 bridgehead atoms. The van der Waals surface area contributed by atoms with E-state index in [4.69, 9.17) is 16.0 Å². The molecule has 1 aromatic carbocycles. The molecular formula is C14H8ClN5O4. The van der Waals surface area contributed by atoms with Crippen LogP contribution in [0.3, 0.4) is 0 Å². The quantitative estimate of drug-likeness (QED) is 0.525. The van der Waals surface area contributed by atoms with E-state index >= 15 is 0 Å². The van der Waals surface area contributed by atoms with Crippen molar-refractivity contribution in [2.24, 2.45) is 7.05 Å². The molecule has 0 saturated heterocycles. The maximum atomic E-state index is 12.0. The number of aromatic nitrogens is 3. The van der Waals surface area contributed by atoms with Gasteiger partial charge in [0, 0.05) is 0 Å². The fourth-order valence-electron chi connectivity index (χ4n) is 2.24. The van der Waals surface area contributed by atoms with Crippen molar-refractivity contribution in [3.05, 3.63) is 61.2 Å². The molecule has 3 rings (SSSR count). The lowest BCUT2D eigenvalue weighted by atomic mass is 10.0. The van der Waals surface area contributed by atoms with Crippen molar-refractivity contribution in [1.82, 2.24) is 14.8 Å². The number of hydrogen-bond acceptors (Lipinski definition) is 7. The molecule has 0 saturated carbocycles. The third-order valence-electron chi connectivity index (χ3n) is 3.35. The minimum Gasteiger partial charge on any atom is -0.439 e. The Kier molecular flexibility index (Phi) is 3.75. The highest BCUT2D eigenvalue weighted by molar-refractivity contribution is 6.31. The van der Waals surface area contributed by atoms with Crippen molar-refractivity contribution in [3.63, 3.8) is 0 Å². The maximum Gasteiger partial charge on any atom is 0.395 e. The monoisotopic (exact) mass is 345 g/mol. The summed E-state index contributed by atoms with van der Waals surface area (Å²) in [5.74, 6) is -2.14.